The lowest BCUT2D eigenvalue weighted by molar-refractivity contribution is -0.121. The van der Waals surface area contributed by atoms with Crippen LogP contribution in [0.4, 0.5) is 5.69 Å². The third kappa shape index (κ3) is 4.50. The molecule has 3 heterocycles. The second-order valence-electron chi connectivity index (χ2n) is 8.34. The first-order valence-corrected chi connectivity index (χ1v) is 11.0. The van der Waals surface area contributed by atoms with E-state index >= 15 is 0 Å². The molecule has 1 aliphatic rings. The third-order valence-electron chi connectivity index (χ3n) is 6.10. The zero-order valence-corrected chi connectivity index (χ0v) is 18.8. The number of nitrogens with zero attached hydrogens (tertiary/aromatic N) is 4. The molecule has 0 bridgehead atoms. The molecule has 1 aliphatic heterocycles. The third-order valence-corrected chi connectivity index (χ3v) is 6.10. The number of rotatable bonds is 6. The molecule has 1 atom stereocenters. The Hall–Kier alpha value is -3.09. The van der Waals surface area contributed by atoms with Crippen molar-refractivity contribution in [3.8, 4) is 5.75 Å². The van der Waals surface area contributed by atoms with E-state index in [-0.39, 0.29) is 11.9 Å². The summed E-state index contributed by atoms with van der Waals surface area (Å²) in [6, 6.07) is 10.2. The van der Waals surface area contributed by atoms with E-state index in [1.165, 1.54) is 0 Å². The van der Waals surface area contributed by atoms with Crippen molar-refractivity contribution in [2.45, 2.75) is 52.5 Å². The van der Waals surface area contributed by atoms with Crippen molar-refractivity contribution in [3.05, 3.63) is 53.0 Å². The maximum absolute atomic E-state index is 12.7. The molecule has 1 N–H and O–H groups in total. The van der Waals surface area contributed by atoms with E-state index in [9.17, 15) is 4.79 Å². The number of amides is 1. The Balaban J connectivity index is 1.38. The summed E-state index contributed by atoms with van der Waals surface area (Å²) in [5.41, 5.74) is 6.02. The smallest absolute Gasteiger partial charge is 0.220 e. The van der Waals surface area contributed by atoms with Gasteiger partial charge in [0.1, 0.15) is 5.75 Å². The van der Waals surface area contributed by atoms with Gasteiger partial charge in [0, 0.05) is 43.0 Å². The molecule has 1 fully saturated rings. The van der Waals surface area contributed by atoms with Crippen LogP contribution in [-0.4, -0.2) is 46.7 Å². The SMILES string of the molecule is COc1ccccc1N1CCCC(NC(=O)CCc2c(C)nc3cc(C)nn3c2C)C1. The number of methoxy groups -OCH3 is 1. The molecule has 0 aliphatic carbocycles. The van der Waals surface area contributed by atoms with Gasteiger partial charge in [-0.25, -0.2) is 9.50 Å². The van der Waals surface area contributed by atoms with E-state index in [4.69, 9.17) is 4.74 Å². The molecule has 1 amide bonds. The van der Waals surface area contributed by atoms with Crippen LogP contribution in [0.3, 0.4) is 0 Å². The quantitative estimate of drug-likeness (QED) is 0.661. The number of aromatic nitrogens is 3. The fourth-order valence-electron chi connectivity index (χ4n) is 4.55. The lowest BCUT2D eigenvalue weighted by Crippen LogP contribution is -2.48. The highest BCUT2D eigenvalue weighted by molar-refractivity contribution is 5.76. The van der Waals surface area contributed by atoms with E-state index in [0.717, 1.165) is 65.7 Å². The predicted molar refractivity (Wildman–Crippen MR) is 122 cm³/mol. The molecule has 3 aromatic rings. The van der Waals surface area contributed by atoms with Crippen LogP contribution in [0.2, 0.25) is 0 Å². The van der Waals surface area contributed by atoms with Gasteiger partial charge in [-0.3, -0.25) is 4.79 Å². The summed E-state index contributed by atoms with van der Waals surface area (Å²) in [6.07, 6.45) is 3.14. The number of aryl methyl sites for hydroxylation is 3. The molecule has 1 saturated heterocycles. The number of para-hydroxylation sites is 2. The topological polar surface area (TPSA) is 71.8 Å². The van der Waals surface area contributed by atoms with Crippen molar-refractivity contribution in [3.63, 3.8) is 0 Å². The zero-order valence-electron chi connectivity index (χ0n) is 18.8. The largest absolute Gasteiger partial charge is 0.495 e. The average molecular weight is 422 g/mol. The second kappa shape index (κ2) is 8.96. The highest BCUT2D eigenvalue weighted by Gasteiger charge is 2.23. The Labute approximate surface area is 183 Å². The summed E-state index contributed by atoms with van der Waals surface area (Å²) in [5.74, 6) is 0.958. The highest BCUT2D eigenvalue weighted by atomic mass is 16.5. The van der Waals surface area contributed by atoms with E-state index in [1.54, 1.807) is 7.11 Å². The number of carbonyl (C=O) groups excluding carboxylic acids is 1. The van der Waals surface area contributed by atoms with Gasteiger partial charge in [0.05, 0.1) is 18.5 Å². The van der Waals surface area contributed by atoms with Crippen molar-refractivity contribution < 1.29 is 9.53 Å². The number of piperidine rings is 1. The second-order valence-corrected chi connectivity index (χ2v) is 8.34. The maximum atomic E-state index is 12.7. The van der Waals surface area contributed by atoms with Crippen molar-refractivity contribution in [2.24, 2.45) is 0 Å². The van der Waals surface area contributed by atoms with Crippen molar-refractivity contribution in [1.29, 1.82) is 0 Å². The first-order valence-electron chi connectivity index (χ1n) is 11.0. The van der Waals surface area contributed by atoms with Gasteiger partial charge in [-0.15, -0.1) is 0 Å². The summed E-state index contributed by atoms with van der Waals surface area (Å²) in [6.45, 7) is 7.79. The van der Waals surface area contributed by atoms with Gasteiger partial charge in [0.15, 0.2) is 5.65 Å². The van der Waals surface area contributed by atoms with Crippen LogP contribution in [0.5, 0.6) is 5.75 Å². The summed E-state index contributed by atoms with van der Waals surface area (Å²) in [5, 5.41) is 7.77. The van der Waals surface area contributed by atoms with Gasteiger partial charge >= 0.3 is 0 Å². The molecule has 0 radical (unpaired) electrons. The van der Waals surface area contributed by atoms with E-state index in [1.807, 2.05) is 49.6 Å². The Bertz CT molecular complexity index is 1090. The summed E-state index contributed by atoms with van der Waals surface area (Å²) < 4.78 is 7.39. The van der Waals surface area contributed by atoms with Crippen LogP contribution in [0.15, 0.2) is 30.3 Å². The van der Waals surface area contributed by atoms with Crippen LogP contribution in [0.25, 0.3) is 5.65 Å². The first kappa shape index (κ1) is 21.2. The van der Waals surface area contributed by atoms with Crippen LogP contribution >= 0.6 is 0 Å². The number of hydrogen-bond acceptors (Lipinski definition) is 5. The average Bonchev–Trinajstić information content (AvgIpc) is 3.14. The van der Waals surface area contributed by atoms with Crippen LogP contribution in [0.1, 0.15) is 41.9 Å². The molecular weight excluding hydrogens is 390 g/mol. The van der Waals surface area contributed by atoms with Gasteiger partial charge in [-0.1, -0.05) is 12.1 Å². The molecule has 0 saturated carbocycles. The Kier molecular flexibility index (Phi) is 6.11. The van der Waals surface area contributed by atoms with Crippen LogP contribution in [-0.2, 0) is 11.2 Å². The van der Waals surface area contributed by atoms with Crippen molar-refractivity contribution >= 4 is 17.2 Å². The minimum Gasteiger partial charge on any atom is -0.495 e. The summed E-state index contributed by atoms with van der Waals surface area (Å²) >= 11 is 0. The molecule has 0 spiro atoms. The fourth-order valence-corrected chi connectivity index (χ4v) is 4.55. The zero-order chi connectivity index (χ0) is 22.0. The first-order chi connectivity index (χ1) is 15.0. The van der Waals surface area contributed by atoms with Crippen molar-refractivity contribution in [2.75, 3.05) is 25.1 Å². The van der Waals surface area contributed by atoms with Gasteiger partial charge in [0.25, 0.3) is 0 Å². The van der Waals surface area contributed by atoms with Crippen LogP contribution < -0.4 is 15.0 Å². The molecule has 1 unspecified atom stereocenters. The Morgan fingerprint density at radius 2 is 2.06 bits per heavy atom. The maximum Gasteiger partial charge on any atom is 0.220 e. The summed E-state index contributed by atoms with van der Waals surface area (Å²) in [7, 11) is 1.70. The van der Waals surface area contributed by atoms with E-state index < -0.39 is 0 Å². The minimum atomic E-state index is 0.0856. The predicted octanol–water partition coefficient (Wildman–Crippen LogP) is 3.38. The molecule has 7 nitrogen and oxygen atoms in total. The van der Waals surface area contributed by atoms with Gasteiger partial charge in [-0.05, 0) is 57.7 Å². The lowest BCUT2D eigenvalue weighted by Gasteiger charge is -2.35. The minimum absolute atomic E-state index is 0.0856. The molecule has 4 rings (SSSR count). The van der Waals surface area contributed by atoms with E-state index in [0.29, 0.717) is 12.8 Å². The Morgan fingerprint density at radius 3 is 2.87 bits per heavy atom. The molecule has 7 heteroatoms. The molecular formula is C24H31N5O2. The highest BCUT2D eigenvalue weighted by Crippen LogP contribution is 2.30. The van der Waals surface area contributed by atoms with Crippen LogP contribution in [0, 0.1) is 20.8 Å². The number of anilines is 1. The molecule has 164 valence electrons. The lowest BCUT2D eigenvalue weighted by atomic mass is 10.0. The normalized spacial score (nSPS) is 16.5. The monoisotopic (exact) mass is 421 g/mol. The number of carbonyl (C=O) groups is 1. The van der Waals surface area contributed by atoms with Gasteiger partial charge < -0.3 is 15.0 Å². The number of fused-ring (bicyclic) bond motifs is 1. The molecule has 1 aromatic carbocycles. The van der Waals surface area contributed by atoms with Gasteiger partial charge in [-0.2, -0.15) is 5.10 Å². The fraction of sp³-hybridized carbons (Fsp3) is 0.458. The van der Waals surface area contributed by atoms with Crippen molar-refractivity contribution in [1.82, 2.24) is 19.9 Å². The number of hydrogen-bond donors (Lipinski definition) is 1. The van der Waals surface area contributed by atoms with E-state index in [2.05, 4.69) is 26.4 Å². The standard InChI is InChI=1S/C24H31N5O2/c1-16-14-23-25-17(2)20(18(3)29(23)27-16)11-12-24(30)26-19-8-7-13-28(15-19)21-9-5-6-10-22(21)31-4/h5-6,9-10,14,19H,7-8,11-13,15H2,1-4H3,(H,26,30). The molecule has 31 heavy (non-hydrogen) atoms. The Morgan fingerprint density at radius 1 is 1.26 bits per heavy atom. The molecule has 2 aromatic heterocycles. The number of nitrogens with one attached hydrogen (secondary N) is 1. The number of benzene rings is 1. The number of ether oxygens (including phenoxy) is 1. The summed E-state index contributed by atoms with van der Waals surface area (Å²) in [4.78, 5) is 19.7. The van der Waals surface area contributed by atoms with Gasteiger partial charge in [0.2, 0.25) is 5.91 Å².